The van der Waals surface area contributed by atoms with Gasteiger partial charge in [0.05, 0.1) is 5.25 Å². The predicted molar refractivity (Wildman–Crippen MR) is 79.0 cm³/mol. The van der Waals surface area contributed by atoms with Crippen molar-refractivity contribution in [3.63, 3.8) is 0 Å². The lowest BCUT2D eigenvalue weighted by Crippen LogP contribution is -2.31. The highest BCUT2D eigenvalue weighted by Gasteiger charge is 2.38. The van der Waals surface area contributed by atoms with E-state index in [1.165, 1.54) is 6.07 Å². The van der Waals surface area contributed by atoms with E-state index in [2.05, 4.69) is 0 Å². The number of rotatable bonds is 2. The minimum Gasteiger partial charge on any atom is -0.289 e. The number of hydrogen-bond donors (Lipinski definition) is 0. The number of ketones is 2. The smallest absolute Gasteiger partial charge is 0.205 e. The van der Waals surface area contributed by atoms with E-state index in [0.717, 1.165) is 25.3 Å². The molecule has 0 N–H and O–H groups in total. The van der Waals surface area contributed by atoms with Crippen molar-refractivity contribution in [3.8, 4) is 0 Å². The molecule has 0 bridgehead atoms. The standard InChI is InChI=1S/C16H16O4S/c17-14-10-15(16(18)13-9-5-4-8-12(13)14)21(19,20)11-6-2-1-3-7-11/h4-5,8-11H,1-3,6-7H2. The molecule has 0 unspecified atom stereocenters. The van der Waals surface area contributed by atoms with Crippen LogP contribution >= 0.6 is 0 Å². The van der Waals surface area contributed by atoms with Gasteiger partial charge in [-0.25, -0.2) is 8.42 Å². The summed E-state index contributed by atoms with van der Waals surface area (Å²) in [5, 5.41) is -0.528. The Morgan fingerprint density at radius 2 is 1.52 bits per heavy atom. The predicted octanol–water partition coefficient (Wildman–Crippen LogP) is 2.70. The lowest BCUT2D eigenvalue weighted by atomic mass is 9.95. The first kappa shape index (κ1) is 14.2. The van der Waals surface area contributed by atoms with Gasteiger partial charge >= 0.3 is 0 Å². The molecule has 2 aliphatic rings. The second-order valence-corrected chi connectivity index (χ2v) is 7.75. The summed E-state index contributed by atoms with van der Waals surface area (Å²) in [6.07, 6.45) is 4.90. The van der Waals surface area contributed by atoms with Crippen molar-refractivity contribution < 1.29 is 18.0 Å². The fraction of sp³-hybridized carbons (Fsp3) is 0.375. The van der Waals surface area contributed by atoms with Crippen LogP contribution in [0.2, 0.25) is 0 Å². The largest absolute Gasteiger partial charge is 0.289 e. The molecule has 4 nitrogen and oxygen atoms in total. The van der Waals surface area contributed by atoms with Gasteiger partial charge in [-0.2, -0.15) is 0 Å². The van der Waals surface area contributed by atoms with Crippen LogP contribution in [0.1, 0.15) is 52.8 Å². The van der Waals surface area contributed by atoms with Gasteiger partial charge in [0.25, 0.3) is 0 Å². The Balaban J connectivity index is 2.04. The summed E-state index contributed by atoms with van der Waals surface area (Å²) in [6, 6.07) is 6.37. The average molecular weight is 304 g/mol. The second-order valence-electron chi connectivity index (χ2n) is 5.55. The third kappa shape index (κ3) is 2.35. The third-order valence-corrected chi connectivity index (χ3v) is 6.49. The zero-order chi connectivity index (χ0) is 15.0. The summed E-state index contributed by atoms with van der Waals surface area (Å²) < 4.78 is 25.3. The maximum Gasteiger partial charge on any atom is 0.205 e. The lowest BCUT2D eigenvalue weighted by Gasteiger charge is -2.24. The van der Waals surface area contributed by atoms with Crippen molar-refractivity contribution in [2.75, 3.05) is 0 Å². The molecule has 0 saturated heterocycles. The number of allylic oxidation sites excluding steroid dienone is 2. The molecule has 110 valence electrons. The second kappa shape index (κ2) is 5.22. The van der Waals surface area contributed by atoms with E-state index >= 15 is 0 Å². The normalized spacial score (nSPS) is 20.1. The number of hydrogen-bond acceptors (Lipinski definition) is 4. The van der Waals surface area contributed by atoms with E-state index < -0.39 is 26.7 Å². The Bertz CT molecular complexity index is 737. The summed E-state index contributed by atoms with van der Waals surface area (Å²) >= 11 is 0. The van der Waals surface area contributed by atoms with Gasteiger partial charge in [0.15, 0.2) is 15.6 Å². The van der Waals surface area contributed by atoms with E-state index in [4.69, 9.17) is 0 Å². The maximum atomic E-state index is 12.7. The molecule has 0 spiro atoms. The van der Waals surface area contributed by atoms with Gasteiger partial charge in [0, 0.05) is 17.2 Å². The van der Waals surface area contributed by atoms with Gasteiger partial charge < -0.3 is 0 Å². The Labute approximate surface area is 123 Å². The molecule has 0 radical (unpaired) electrons. The lowest BCUT2D eigenvalue weighted by molar-refractivity contribution is 0.0990. The van der Waals surface area contributed by atoms with Crippen molar-refractivity contribution >= 4 is 21.4 Å². The molecule has 1 saturated carbocycles. The Kier molecular flexibility index (Phi) is 3.53. The third-order valence-electron chi connectivity index (χ3n) is 4.22. The molecular formula is C16H16O4S. The van der Waals surface area contributed by atoms with Crippen LogP contribution in [-0.4, -0.2) is 25.2 Å². The van der Waals surface area contributed by atoms with Crippen LogP contribution in [0, 0.1) is 0 Å². The van der Waals surface area contributed by atoms with E-state index in [1.807, 2.05) is 0 Å². The van der Waals surface area contributed by atoms with E-state index in [1.54, 1.807) is 18.2 Å². The molecule has 21 heavy (non-hydrogen) atoms. The first-order valence-corrected chi connectivity index (χ1v) is 8.70. The quantitative estimate of drug-likeness (QED) is 0.842. The molecule has 0 heterocycles. The SMILES string of the molecule is O=C1C=C(S(=O)(=O)C2CCCCC2)C(=O)c2ccccc21. The van der Waals surface area contributed by atoms with E-state index in [-0.39, 0.29) is 16.0 Å². The summed E-state index contributed by atoms with van der Waals surface area (Å²) in [5.74, 6) is -0.949. The first-order chi connectivity index (χ1) is 10.0. The van der Waals surface area contributed by atoms with E-state index in [0.29, 0.717) is 12.8 Å². The van der Waals surface area contributed by atoms with Crippen LogP contribution in [-0.2, 0) is 9.84 Å². The molecule has 5 heteroatoms. The number of carbonyl (C=O) groups is 2. The average Bonchev–Trinajstić information content (AvgIpc) is 2.51. The van der Waals surface area contributed by atoms with Crippen LogP contribution in [0.25, 0.3) is 0 Å². The Morgan fingerprint density at radius 3 is 2.19 bits per heavy atom. The minimum absolute atomic E-state index is 0.194. The molecule has 2 aliphatic carbocycles. The van der Waals surface area contributed by atoms with Crippen molar-refractivity contribution in [2.45, 2.75) is 37.4 Å². The van der Waals surface area contributed by atoms with Crippen molar-refractivity contribution in [3.05, 3.63) is 46.4 Å². The summed E-state index contributed by atoms with van der Waals surface area (Å²) in [5.41, 5.74) is 0.476. The van der Waals surface area contributed by atoms with E-state index in [9.17, 15) is 18.0 Å². The van der Waals surface area contributed by atoms with Gasteiger partial charge in [-0.3, -0.25) is 9.59 Å². The molecule has 1 aromatic rings. The van der Waals surface area contributed by atoms with Crippen molar-refractivity contribution in [1.29, 1.82) is 0 Å². The summed E-state index contributed by atoms with van der Waals surface area (Å²) in [6.45, 7) is 0. The zero-order valence-corrected chi connectivity index (χ0v) is 12.4. The van der Waals surface area contributed by atoms with Crippen LogP contribution in [0.15, 0.2) is 35.2 Å². The summed E-state index contributed by atoms with van der Waals surface area (Å²) in [7, 11) is -3.72. The number of carbonyl (C=O) groups excluding carboxylic acids is 2. The van der Waals surface area contributed by atoms with Gasteiger partial charge in [-0.1, -0.05) is 43.5 Å². The maximum absolute atomic E-state index is 12.7. The molecule has 0 aromatic heterocycles. The molecule has 1 aromatic carbocycles. The highest BCUT2D eigenvalue weighted by molar-refractivity contribution is 7.96. The number of fused-ring (bicyclic) bond motifs is 1. The van der Waals surface area contributed by atoms with Crippen molar-refractivity contribution in [2.24, 2.45) is 0 Å². The van der Waals surface area contributed by atoms with Crippen LogP contribution in [0.4, 0.5) is 0 Å². The Morgan fingerprint density at radius 1 is 0.905 bits per heavy atom. The molecule has 1 fully saturated rings. The van der Waals surface area contributed by atoms with Gasteiger partial charge in [0.1, 0.15) is 4.91 Å². The summed E-state index contributed by atoms with van der Waals surface area (Å²) in [4.78, 5) is 24.2. The van der Waals surface area contributed by atoms with Crippen molar-refractivity contribution in [1.82, 2.24) is 0 Å². The first-order valence-electron chi connectivity index (χ1n) is 7.15. The van der Waals surface area contributed by atoms with Gasteiger partial charge in [-0.05, 0) is 12.8 Å². The highest BCUT2D eigenvalue weighted by atomic mass is 32.2. The van der Waals surface area contributed by atoms with Crippen LogP contribution in [0.5, 0.6) is 0 Å². The molecular weight excluding hydrogens is 288 g/mol. The van der Waals surface area contributed by atoms with Crippen LogP contribution < -0.4 is 0 Å². The number of sulfone groups is 1. The minimum atomic E-state index is -3.72. The molecule has 3 rings (SSSR count). The highest BCUT2D eigenvalue weighted by Crippen LogP contribution is 2.32. The van der Waals surface area contributed by atoms with Gasteiger partial charge in [0.2, 0.25) is 5.78 Å². The van der Waals surface area contributed by atoms with Crippen LogP contribution in [0.3, 0.4) is 0 Å². The number of benzene rings is 1. The zero-order valence-electron chi connectivity index (χ0n) is 11.5. The topological polar surface area (TPSA) is 68.3 Å². The molecule has 0 amide bonds. The number of Topliss-reactive ketones (excluding diaryl/α,β-unsaturated/α-hetero) is 1. The van der Waals surface area contributed by atoms with Gasteiger partial charge in [-0.15, -0.1) is 0 Å². The monoisotopic (exact) mass is 304 g/mol. The Hall–Kier alpha value is -1.75. The fourth-order valence-corrected chi connectivity index (χ4v) is 5.01. The fourth-order valence-electron chi connectivity index (χ4n) is 3.06. The molecule has 0 atom stereocenters. The molecule has 0 aliphatic heterocycles.